The Morgan fingerprint density at radius 1 is 1.08 bits per heavy atom. The van der Waals surface area contributed by atoms with Crippen molar-refractivity contribution in [3.8, 4) is 11.5 Å². The molecule has 0 aliphatic carbocycles. The van der Waals surface area contributed by atoms with Gasteiger partial charge in [0.25, 0.3) is 0 Å². The second kappa shape index (κ2) is 7.21. The minimum atomic E-state index is -3.71. The summed E-state index contributed by atoms with van der Waals surface area (Å²) >= 11 is 0. The number of alkyl halides is 2. The van der Waals surface area contributed by atoms with Crippen molar-refractivity contribution in [2.24, 2.45) is 0 Å². The third-order valence-corrected chi connectivity index (χ3v) is 3.98. The summed E-state index contributed by atoms with van der Waals surface area (Å²) in [5.41, 5.74) is 1.09. The van der Waals surface area contributed by atoms with Crippen LogP contribution in [0.25, 0.3) is 0 Å². The Balaban J connectivity index is 1.66. The van der Waals surface area contributed by atoms with Crippen LogP contribution in [-0.4, -0.2) is 25.0 Å². The first-order valence-electron chi connectivity index (χ1n) is 7.92. The number of Topliss-reactive ketones (excluding diaryl/α,β-unsaturated/α-hetero) is 2. The van der Waals surface area contributed by atoms with Gasteiger partial charge in [-0.25, -0.2) is 0 Å². The van der Waals surface area contributed by atoms with Gasteiger partial charge in [0.1, 0.15) is 11.5 Å². The van der Waals surface area contributed by atoms with E-state index in [4.69, 9.17) is 4.74 Å². The largest absolute Gasteiger partial charge is 0.535 e. The zero-order chi connectivity index (χ0) is 18.7. The van der Waals surface area contributed by atoms with Crippen LogP contribution in [0.15, 0.2) is 42.5 Å². The van der Waals surface area contributed by atoms with Crippen molar-refractivity contribution < 1.29 is 32.6 Å². The molecule has 0 radical (unpaired) electrons. The average Bonchev–Trinajstić information content (AvgIpc) is 2.64. The van der Waals surface area contributed by atoms with Gasteiger partial charge in [0.2, 0.25) is 0 Å². The Labute approximate surface area is 148 Å². The van der Waals surface area contributed by atoms with Crippen molar-refractivity contribution in [1.82, 2.24) is 0 Å². The van der Waals surface area contributed by atoms with E-state index in [0.717, 1.165) is 0 Å². The Kier molecular flexibility index (Phi) is 4.99. The lowest BCUT2D eigenvalue weighted by atomic mass is 10.00. The van der Waals surface area contributed by atoms with Crippen LogP contribution in [-0.2, 0) is 11.3 Å². The monoisotopic (exact) mass is 362 g/mol. The molecular formula is C19H16F2O5. The summed E-state index contributed by atoms with van der Waals surface area (Å²) in [5, 5.41) is 0. The molecule has 5 nitrogen and oxygen atoms in total. The molecule has 0 unspecified atom stereocenters. The van der Waals surface area contributed by atoms with Gasteiger partial charge in [-0.2, -0.15) is 0 Å². The molecular weight excluding hydrogens is 346 g/mol. The molecule has 0 N–H and O–H groups in total. The molecule has 2 aromatic rings. The van der Waals surface area contributed by atoms with E-state index in [0.29, 0.717) is 16.9 Å². The Morgan fingerprint density at radius 3 is 2.46 bits per heavy atom. The first kappa shape index (κ1) is 18.0. The van der Waals surface area contributed by atoms with Crippen LogP contribution in [0.3, 0.4) is 0 Å². The molecule has 2 aromatic carbocycles. The summed E-state index contributed by atoms with van der Waals surface area (Å²) in [6.07, 6.45) is -3.75. The summed E-state index contributed by atoms with van der Waals surface area (Å²) in [6.45, 7) is -0.300. The fourth-order valence-electron chi connectivity index (χ4n) is 2.57. The number of carbonyl (C=O) groups excluding carboxylic acids is 2. The Morgan fingerprint density at radius 2 is 1.77 bits per heavy atom. The van der Waals surface area contributed by atoms with Crippen molar-refractivity contribution in [2.75, 3.05) is 7.11 Å². The molecule has 0 bridgehead atoms. The van der Waals surface area contributed by atoms with Crippen LogP contribution < -0.4 is 9.47 Å². The lowest BCUT2D eigenvalue weighted by molar-refractivity contribution is -0.368. The molecule has 0 spiro atoms. The number of rotatable bonds is 6. The third-order valence-electron chi connectivity index (χ3n) is 3.98. The van der Waals surface area contributed by atoms with Gasteiger partial charge in [-0.05, 0) is 18.2 Å². The van der Waals surface area contributed by atoms with Crippen molar-refractivity contribution in [3.63, 3.8) is 0 Å². The molecule has 7 heteroatoms. The highest BCUT2D eigenvalue weighted by Crippen LogP contribution is 2.34. The summed E-state index contributed by atoms with van der Waals surface area (Å²) < 4.78 is 40.0. The van der Waals surface area contributed by atoms with Gasteiger partial charge in [0, 0.05) is 29.5 Å². The van der Waals surface area contributed by atoms with E-state index in [1.807, 2.05) is 0 Å². The van der Waals surface area contributed by atoms with Gasteiger partial charge in [-0.1, -0.05) is 24.3 Å². The van der Waals surface area contributed by atoms with E-state index >= 15 is 0 Å². The van der Waals surface area contributed by atoms with Gasteiger partial charge in [-0.3, -0.25) is 14.3 Å². The highest BCUT2D eigenvalue weighted by Gasteiger charge is 2.38. The molecule has 0 amide bonds. The summed E-state index contributed by atoms with van der Waals surface area (Å²) in [7, 11) is 1.50. The summed E-state index contributed by atoms with van der Waals surface area (Å²) in [5.74, 6) is -0.0720. The molecule has 0 saturated carbocycles. The third kappa shape index (κ3) is 4.05. The number of ether oxygens (including phenoxy) is 3. The van der Waals surface area contributed by atoms with Gasteiger partial charge < -0.3 is 9.47 Å². The molecule has 0 fully saturated rings. The number of carbonyl (C=O) groups is 2. The van der Waals surface area contributed by atoms with E-state index < -0.39 is 6.29 Å². The van der Waals surface area contributed by atoms with E-state index in [1.165, 1.54) is 25.3 Å². The van der Waals surface area contributed by atoms with Crippen LogP contribution in [0.2, 0.25) is 0 Å². The normalized spacial score (nSPS) is 14.9. The first-order chi connectivity index (χ1) is 12.4. The molecule has 0 saturated heterocycles. The highest BCUT2D eigenvalue weighted by atomic mass is 19.3. The fraction of sp³-hybridized carbons (Fsp3) is 0.263. The molecule has 0 aromatic heterocycles. The van der Waals surface area contributed by atoms with E-state index in [2.05, 4.69) is 9.47 Å². The predicted molar refractivity (Wildman–Crippen MR) is 87.7 cm³/mol. The number of hydrogen-bond donors (Lipinski definition) is 0. The molecule has 1 aliphatic rings. The SMILES string of the molecule is COc1cccc(C(=O)CCC(=O)c2ccc3c(c2)OC(F)(F)OC3)c1. The Hall–Kier alpha value is -2.80. The number of hydrogen-bond acceptors (Lipinski definition) is 5. The maximum absolute atomic E-state index is 13.1. The van der Waals surface area contributed by atoms with Crippen molar-refractivity contribution >= 4 is 11.6 Å². The smallest absolute Gasteiger partial charge is 0.497 e. The molecule has 0 atom stereocenters. The van der Waals surface area contributed by atoms with Gasteiger partial charge in [0.15, 0.2) is 11.6 Å². The van der Waals surface area contributed by atoms with Crippen LogP contribution in [0.4, 0.5) is 8.78 Å². The zero-order valence-electron chi connectivity index (χ0n) is 14.0. The van der Waals surface area contributed by atoms with Crippen LogP contribution in [0.1, 0.15) is 39.1 Å². The highest BCUT2D eigenvalue weighted by molar-refractivity contribution is 6.02. The van der Waals surface area contributed by atoms with Crippen molar-refractivity contribution in [2.45, 2.75) is 25.7 Å². The second-order valence-corrected chi connectivity index (χ2v) is 5.75. The Bertz CT molecular complexity index is 848. The maximum atomic E-state index is 13.1. The summed E-state index contributed by atoms with van der Waals surface area (Å²) in [6, 6.07) is 10.9. The predicted octanol–water partition coefficient (Wildman–Crippen LogP) is 4.00. The summed E-state index contributed by atoms with van der Waals surface area (Å²) in [4.78, 5) is 24.5. The number of ketones is 2. The minimum absolute atomic E-state index is 0.00319. The lowest BCUT2D eigenvalue weighted by Gasteiger charge is -2.24. The fourth-order valence-corrected chi connectivity index (χ4v) is 2.57. The van der Waals surface area contributed by atoms with Gasteiger partial charge >= 0.3 is 6.29 Å². The lowest BCUT2D eigenvalue weighted by Crippen LogP contribution is -2.32. The number of methoxy groups -OCH3 is 1. The molecule has 26 heavy (non-hydrogen) atoms. The van der Waals surface area contributed by atoms with E-state index in [-0.39, 0.29) is 42.3 Å². The number of benzene rings is 2. The van der Waals surface area contributed by atoms with Crippen LogP contribution >= 0.6 is 0 Å². The molecule has 3 rings (SSSR count). The topological polar surface area (TPSA) is 61.8 Å². The van der Waals surface area contributed by atoms with Gasteiger partial charge in [0.05, 0.1) is 13.7 Å². The van der Waals surface area contributed by atoms with E-state index in [1.54, 1.807) is 24.3 Å². The van der Waals surface area contributed by atoms with E-state index in [9.17, 15) is 18.4 Å². The number of fused-ring (bicyclic) bond motifs is 1. The van der Waals surface area contributed by atoms with Crippen LogP contribution in [0, 0.1) is 0 Å². The quantitative estimate of drug-likeness (QED) is 0.727. The van der Waals surface area contributed by atoms with Crippen LogP contribution in [0.5, 0.6) is 11.5 Å². The maximum Gasteiger partial charge on any atom is 0.535 e. The molecule has 136 valence electrons. The van der Waals surface area contributed by atoms with Crippen molar-refractivity contribution in [3.05, 3.63) is 59.2 Å². The zero-order valence-corrected chi connectivity index (χ0v) is 14.0. The molecule has 1 aliphatic heterocycles. The molecule has 1 heterocycles. The number of halogens is 2. The average molecular weight is 362 g/mol. The van der Waals surface area contributed by atoms with Crippen molar-refractivity contribution in [1.29, 1.82) is 0 Å². The minimum Gasteiger partial charge on any atom is -0.497 e. The second-order valence-electron chi connectivity index (χ2n) is 5.75. The first-order valence-corrected chi connectivity index (χ1v) is 7.92. The van der Waals surface area contributed by atoms with Gasteiger partial charge in [-0.15, -0.1) is 8.78 Å². The standard InChI is InChI=1S/C19H16F2O5/c1-24-15-4-2-3-12(9-15)16(22)7-8-17(23)13-5-6-14-11-25-19(20,21)26-18(14)10-13/h2-6,9-10H,7-8,11H2,1H3.